The Hall–Kier alpha value is -0.0400. The minimum atomic E-state index is 0.565. The van der Waals surface area contributed by atoms with E-state index in [1.807, 2.05) is 0 Å². The lowest BCUT2D eigenvalue weighted by atomic mass is 9.70. The lowest BCUT2D eigenvalue weighted by Gasteiger charge is -2.44. The van der Waals surface area contributed by atoms with E-state index in [-0.39, 0.29) is 0 Å². The van der Waals surface area contributed by atoms with Gasteiger partial charge in [-0.25, -0.2) is 0 Å². The molecular weight excluding hydrogens is 194 g/mol. The molecule has 2 rings (SSSR count). The molecule has 2 saturated carbocycles. The molecule has 1 heteroatoms. The third-order valence-corrected chi connectivity index (χ3v) is 4.84. The maximum Gasteiger partial charge on any atom is 0.0103 e. The van der Waals surface area contributed by atoms with Gasteiger partial charge in [0.2, 0.25) is 0 Å². The average Bonchev–Trinajstić information content (AvgIpc) is 2.65. The van der Waals surface area contributed by atoms with Gasteiger partial charge in [0.1, 0.15) is 0 Å². The van der Waals surface area contributed by atoms with Crippen molar-refractivity contribution in [3.8, 4) is 0 Å². The molecule has 0 spiro atoms. The summed E-state index contributed by atoms with van der Waals surface area (Å²) >= 11 is 0. The molecule has 2 fully saturated rings. The van der Waals surface area contributed by atoms with Crippen LogP contribution in [0.3, 0.4) is 0 Å². The molecule has 2 aliphatic carbocycles. The molecule has 0 amide bonds. The second-order valence-corrected chi connectivity index (χ2v) is 7.17. The Morgan fingerprint density at radius 2 is 1.62 bits per heavy atom. The lowest BCUT2D eigenvalue weighted by Crippen LogP contribution is -2.45. The normalized spacial score (nSPS) is 35.8. The first kappa shape index (κ1) is 12.4. The van der Waals surface area contributed by atoms with Crippen LogP contribution in [0.2, 0.25) is 0 Å². The smallest absolute Gasteiger partial charge is 0.0103 e. The van der Waals surface area contributed by atoms with Crippen LogP contribution in [0.5, 0.6) is 0 Å². The molecule has 0 N–H and O–H groups in total. The minimum absolute atomic E-state index is 0.565. The molecular formula is C15H29N. The van der Waals surface area contributed by atoms with Crippen LogP contribution >= 0.6 is 0 Å². The van der Waals surface area contributed by atoms with Crippen molar-refractivity contribution in [2.24, 2.45) is 11.3 Å². The third kappa shape index (κ3) is 2.80. The van der Waals surface area contributed by atoms with E-state index < -0.39 is 0 Å². The van der Waals surface area contributed by atoms with Crippen molar-refractivity contribution >= 4 is 0 Å². The molecule has 2 atom stereocenters. The molecule has 0 bridgehead atoms. The van der Waals surface area contributed by atoms with Crippen LogP contribution < -0.4 is 0 Å². The van der Waals surface area contributed by atoms with Gasteiger partial charge in [0.05, 0.1) is 0 Å². The van der Waals surface area contributed by atoms with Crippen molar-refractivity contribution in [1.82, 2.24) is 4.90 Å². The predicted octanol–water partition coefficient (Wildman–Crippen LogP) is 4.08. The summed E-state index contributed by atoms with van der Waals surface area (Å²) in [6, 6.07) is 1.74. The molecule has 16 heavy (non-hydrogen) atoms. The molecule has 0 aromatic heterocycles. The van der Waals surface area contributed by atoms with E-state index in [0.29, 0.717) is 5.41 Å². The lowest BCUT2D eigenvalue weighted by molar-refractivity contribution is 0.0589. The van der Waals surface area contributed by atoms with Gasteiger partial charge >= 0.3 is 0 Å². The molecule has 0 aromatic carbocycles. The minimum Gasteiger partial charge on any atom is -0.300 e. The highest BCUT2D eigenvalue weighted by atomic mass is 15.2. The highest BCUT2D eigenvalue weighted by Gasteiger charge is 2.36. The van der Waals surface area contributed by atoms with E-state index in [4.69, 9.17) is 0 Å². The van der Waals surface area contributed by atoms with Crippen molar-refractivity contribution < 1.29 is 0 Å². The van der Waals surface area contributed by atoms with E-state index in [2.05, 4.69) is 32.7 Å². The Balaban J connectivity index is 1.97. The van der Waals surface area contributed by atoms with Crippen LogP contribution in [0.15, 0.2) is 0 Å². The summed E-state index contributed by atoms with van der Waals surface area (Å²) in [7, 11) is 2.38. The third-order valence-electron chi connectivity index (χ3n) is 4.84. The molecule has 0 radical (unpaired) electrons. The van der Waals surface area contributed by atoms with E-state index in [9.17, 15) is 0 Å². The van der Waals surface area contributed by atoms with Crippen LogP contribution in [-0.2, 0) is 0 Å². The van der Waals surface area contributed by atoms with E-state index in [1.165, 1.54) is 44.9 Å². The highest BCUT2D eigenvalue weighted by molar-refractivity contribution is 4.90. The van der Waals surface area contributed by atoms with Gasteiger partial charge in [-0.2, -0.15) is 0 Å². The fraction of sp³-hybridized carbons (Fsp3) is 1.00. The summed E-state index contributed by atoms with van der Waals surface area (Å²) in [5, 5.41) is 0. The summed E-state index contributed by atoms with van der Waals surface area (Å²) < 4.78 is 0. The zero-order chi connectivity index (χ0) is 11.8. The Morgan fingerprint density at radius 1 is 1.00 bits per heavy atom. The molecule has 0 aliphatic heterocycles. The summed E-state index contributed by atoms with van der Waals surface area (Å²) in [5.41, 5.74) is 0.565. The molecule has 1 nitrogen and oxygen atoms in total. The number of hydrogen-bond donors (Lipinski definition) is 0. The number of nitrogens with zero attached hydrogens (tertiary/aromatic N) is 1. The average molecular weight is 223 g/mol. The number of rotatable bonds is 2. The summed E-state index contributed by atoms with van der Waals surface area (Å²) in [6.07, 6.45) is 10.1. The quantitative estimate of drug-likeness (QED) is 0.682. The maximum absolute atomic E-state index is 2.73. The van der Waals surface area contributed by atoms with Crippen LogP contribution in [0.25, 0.3) is 0 Å². The summed E-state index contributed by atoms with van der Waals surface area (Å²) in [5.74, 6) is 0.914. The van der Waals surface area contributed by atoms with Crippen molar-refractivity contribution in [3.63, 3.8) is 0 Å². The summed E-state index contributed by atoms with van der Waals surface area (Å²) in [6.45, 7) is 7.35. The molecule has 0 aromatic rings. The van der Waals surface area contributed by atoms with Crippen LogP contribution in [-0.4, -0.2) is 24.0 Å². The van der Waals surface area contributed by atoms with Crippen molar-refractivity contribution in [3.05, 3.63) is 0 Å². The molecule has 94 valence electrons. The second-order valence-electron chi connectivity index (χ2n) is 7.17. The monoisotopic (exact) mass is 223 g/mol. The fourth-order valence-electron chi connectivity index (χ4n) is 4.22. The van der Waals surface area contributed by atoms with Gasteiger partial charge in [-0.1, -0.05) is 33.6 Å². The standard InChI is InChI=1S/C15H29N/c1-12-9-14(11-15(2,3)10-12)16(4)13-7-5-6-8-13/h12-14H,5-11H2,1-4H3/t12-,14+/m1/s1. The molecule has 0 saturated heterocycles. The van der Waals surface area contributed by atoms with Gasteiger partial charge in [0, 0.05) is 12.1 Å². The Morgan fingerprint density at radius 3 is 2.19 bits per heavy atom. The van der Waals surface area contributed by atoms with Crippen molar-refractivity contribution in [1.29, 1.82) is 0 Å². The summed E-state index contributed by atoms with van der Waals surface area (Å²) in [4.78, 5) is 2.73. The van der Waals surface area contributed by atoms with Gasteiger partial charge in [-0.15, -0.1) is 0 Å². The first-order valence-corrected chi connectivity index (χ1v) is 7.20. The highest BCUT2D eigenvalue weighted by Crippen LogP contribution is 2.41. The van der Waals surface area contributed by atoms with E-state index >= 15 is 0 Å². The van der Waals surface area contributed by atoms with Crippen LogP contribution in [0.1, 0.15) is 65.7 Å². The SMILES string of the molecule is C[C@@H]1C[C@H](N(C)C2CCCC2)CC(C)(C)C1. The van der Waals surface area contributed by atoms with Crippen molar-refractivity contribution in [2.45, 2.75) is 77.8 Å². The first-order valence-electron chi connectivity index (χ1n) is 7.20. The zero-order valence-corrected chi connectivity index (χ0v) is 11.6. The molecule has 0 unspecified atom stereocenters. The molecule has 0 heterocycles. The second kappa shape index (κ2) is 4.68. The van der Waals surface area contributed by atoms with E-state index in [1.54, 1.807) is 0 Å². The van der Waals surface area contributed by atoms with Crippen LogP contribution in [0.4, 0.5) is 0 Å². The largest absolute Gasteiger partial charge is 0.300 e. The van der Waals surface area contributed by atoms with Crippen LogP contribution in [0, 0.1) is 11.3 Å². The molecule has 2 aliphatic rings. The zero-order valence-electron chi connectivity index (χ0n) is 11.6. The first-order chi connectivity index (χ1) is 7.48. The topological polar surface area (TPSA) is 3.24 Å². The predicted molar refractivity (Wildman–Crippen MR) is 70.6 cm³/mol. The Kier molecular flexibility index (Phi) is 3.63. The van der Waals surface area contributed by atoms with Gasteiger partial charge in [-0.3, -0.25) is 0 Å². The van der Waals surface area contributed by atoms with Gasteiger partial charge < -0.3 is 4.90 Å². The van der Waals surface area contributed by atoms with Gasteiger partial charge in [0.25, 0.3) is 0 Å². The Labute approximate surface area is 102 Å². The number of hydrogen-bond acceptors (Lipinski definition) is 1. The van der Waals surface area contributed by atoms with Gasteiger partial charge in [-0.05, 0) is 50.5 Å². The van der Waals surface area contributed by atoms with E-state index in [0.717, 1.165) is 18.0 Å². The van der Waals surface area contributed by atoms with Crippen molar-refractivity contribution in [2.75, 3.05) is 7.05 Å². The maximum atomic E-state index is 2.73. The van der Waals surface area contributed by atoms with Gasteiger partial charge in [0.15, 0.2) is 0 Å². The Bertz CT molecular complexity index is 228. The fourth-order valence-corrected chi connectivity index (χ4v) is 4.22.